The summed E-state index contributed by atoms with van der Waals surface area (Å²) in [4.78, 5) is 12.0. The molecule has 2 rings (SSSR count). The minimum absolute atomic E-state index is 0.0178. The van der Waals surface area contributed by atoms with Crippen LogP contribution in [0.5, 0.6) is 11.5 Å². The van der Waals surface area contributed by atoms with Crippen molar-refractivity contribution in [2.24, 2.45) is 11.7 Å². The molecule has 110 valence electrons. The summed E-state index contributed by atoms with van der Waals surface area (Å²) in [6.07, 6.45) is 1.78. The van der Waals surface area contributed by atoms with Crippen LogP contribution in [0.2, 0.25) is 0 Å². The average Bonchev–Trinajstić information content (AvgIpc) is 2.50. The number of benzene rings is 1. The van der Waals surface area contributed by atoms with Crippen LogP contribution in [0.3, 0.4) is 0 Å². The molecule has 0 aliphatic carbocycles. The van der Waals surface area contributed by atoms with Crippen LogP contribution >= 0.6 is 0 Å². The Morgan fingerprint density at radius 1 is 1.35 bits per heavy atom. The van der Waals surface area contributed by atoms with Gasteiger partial charge in [0.1, 0.15) is 13.2 Å². The zero-order chi connectivity index (χ0) is 14.4. The van der Waals surface area contributed by atoms with E-state index in [2.05, 4.69) is 12.2 Å². The van der Waals surface area contributed by atoms with E-state index in [1.54, 1.807) is 0 Å². The van der Waals surface area contributed by atoms with Crippen molar-refractivity contribution in [1.29, 1.82) is 0 Å². The molecular weight excluding hydrogens is 256 g/mol. The van der Waals surface area contributed by atoms with Gasteiger partial charge in [-0.05, 0) is 24.1 Å². The lowest BCUT2D eigenvalue weighted by molar-refractivity contribution is -0.125. The van der Waals surface area contributed by atoms with Gasteiger partial charge >= 0.3 is 0 Å². The lowest BCUT2D eigenvalue weighted by Gasteiger charge is -2.19. The number of carbonyl (C=O) groups excluding carboxylic acids is 1. The molecule has 0 aromatic heterocycles. The number of rotatable bonds is 6. The summed E-state index contributed by atoms with van der Waals surface area (Å²) in [5.74, 6) is 1.42. The number of ether oxygens (including phenoxy) is 2. The quantitative estimate of drug-likeness (QED) is 0.826. The molecule has 1 aromatic carbocycles. The van der Waals surface area contributed by atoms with E-state index in [0.717, 1.165) is 29.9 Å². The van der Waals surface area contributed by atoms with Gasteiger partial charge < -0.3 is 20.5 Å². The second-order valence-corrected chi connectivity index (χ2v) is 4.92. The maximum Gasteiger partial charge on any atom is 0.224 e. The maximum absolute atomic E-state index is 12.0. The van der Waals surface area contributed by atoms with E-state index in [9.17, 15) is 4.79 Å². The molecule has 1 atom stereocenters. The molecule has 5 heteroatoms. The molecule has 0 saturated heterocycles. The standard InChI is InChI=1S/C15H22N2O3/c1-2-3-12(9-16)15(18)17-10-11-4-5-13-14(8-11)20-7-6-19-13/h4-5,8,12H,2-3,6-7,9-10,16H2,1H3,(H,17,18). The molecule has 5 nitrogen and oxygen atoms in total. The summed E-state index contributed by atoms with van der Waals surface area (Å²) in [7, 11) is 0. The highest BCUT2D eigenvalue weighted by molar-refractivity contribution is 5.78. The summed E-state index contributed by atoms with van der Waals surface area (Å²) in [5.41, 5.74) is 6.62. The fraction of sp³-hybridized carbons (Fsp3) is 0.533. The Bertz CT molecular complexity index is 462. The van der Waals surface area contributed by atoms with Crippen molar-refractivity contribution in [3.8, 4) is 11.5 Å². The van der Waals surface area contributed by atoms with Gasteiger partial charge in [0.2, 0.25) is 5.91 Å². The van der Waals surface area contributed by atoms with E-state index in [4.69, 9.17) is 15.2 Å². The van der Waals surface area contributed by atoms with Crippen molar-refractivity contribution in [3.63, 3.8) is 0 Å². The van der Waals surface area contributed by atoms with E-state index < -0.39 is 0 Å². The summed E-state index contributed by atoms with van der Waals surface area (Å²) < 4.78 is 11.0. The van der Waals surface area contributed by atoms with E-state index in [1.165, 1.54) is 0 Å². The van der Waals surface area contributed by atoms with Gasteiger partial charge in [-0.1, -0.05) is 19.4 Å². The normalized spacial score (nSPS) is 14.7. The van der Waals surface area contributed by atoms with Crippen molar-refractivity contribution in [2.45, 2.75) is 26.3 Å². The lowest BCUT2D eigenvalue weighted by atomic mass is 10.0. The Labute approximate surface area is 119 Å². The van der Waals surface area contributed by atoms with Crippen LogP contribution in [0.25, 0.3) is 0 Å². The summed E-state index contributed by atoms with van der Waals surface area (Å²) in [5, 5.41) is 2.93. The predicted molar refractivity (Wildman–Crippen MR) is 76.7 cm³/mol. The molecule has 1 aliphatic rings. The van der Waals surface area contributed by atoms with E-state index >= 15 is 0 Å². The van der Waals surface area contributed by atoms with Gasteiger partial charge in [-0.2, -0.15) is 0 Å². The molecule has 1 aromatic rings. The van der Waals surface area contributed by atoms with Gasteiger partial charge in [-0.25, -0.2) is 0 Å². The number of hydrogen-bond acceptors (Lipinski definition) is 4. The molecule has 20 heavy (non-hydrogen) atoms. The molecule has 1 unspecified atom stereocenters. The minimum Gasteiger partial charge on any atom is -0.486 e. The molecule has 3 N–H and O–H groups in total. The monoisotopic (exact) mass is 278 g/mol. The Morgan fingerprint density at radius 3 is 2.80 bits per heavy atom. The van der Waals surface area contributed by atoms with Gasteiger partial charge in [0.15, 0.2) is 11.5 Å². The van der Waals surface area contributed by atoms with Gasteiger partial charge in [0, 0.05) is 13.1 Å². The highest BCUT2D eigenvalue weighted by Gasteiger charge is 2.16. The van der Waals surface area contributed by atoms with E-state index in [0.29, 0.717) is 26.3 Å². The van der Waals surface area contributed by atoms with Crippen LogP contribution in [0, 0.1) is 5.92 Å². The molecule has 0 bridgehead atoms. The molecule has 0 radical (unpaired) electrons. The summed E-state index contributed by atoms with van der Waals surface area (Å²) in [6, 6.07) is 5.72. The van der Waals surface area contributed by atoms with Crippen LogP contribution in [0.4, 0.5) is 0 Å². The van der Waals surface area contributed by atoms with Crippen molar-refractivity contribution >= 4 is 5.91 Å². The zero-order valence-electron chi connectivity index (χ0n) is 11.9. The van der Waals surface area contributed by atoms with E-state index in [-0.39, 0.29) is 11.8 Å². The van der Waals surface area contributed by atoms with Gasteiger partial charge in [0.25, 0.3) is 0 Å². The highest BCUT2D eigenvalue weighted by Crippen LogP contribution is 2.30. The van der Waals surface area contributed by atoms with Crippen LogP contribution in [-0.4, -0.2) is 25.7 Å². The van der Waals surface area contributed by atoms with E-state index in [1.807, 2.05) is 18.2 Å². The average molecular weight is 278 g/mol. The fourth-order valence-corrected chi connectivity index (χ4v) is 2.24. The van der Waals surface area contributed by atoms with Gasteiger partial charge in [-0.15, -0.1) is 0 Å². The molecule has 1 aliphatic heterocycles. The van der Waals surface area contributed by atoms with Crippen LogP contribution in [0.1, 0.15) is 25.3 Å². The van der Waals surface area contributed by atoms with Crippen LogP contribution < -0.4 is 20.5 Å². The summed E-state index contributed by atoms with van der Waals surface area (Å²) >= 11 is 0. The third kappa shape index (κ3) is 3.63. The smallest absolute Gasteiger partial charge is 0.224 e. The molecule has 1 heterocycles. The first kappa shape index (κ1) is 14.7. The molecule has 0 fully saturated rings. The lowest BCUT2D eigenvalue weighted by Crippen LogP contribution is -2.34. The van der Waals surface area contributed by atoms with Crippen molar-refractivity contribution in [3.05, 3.63) is 23.8 Å². The Kier molecular flexibility index (Phi) is 5.24. The summed E-state index contributed by atoms with van der Waals surface area (Å²) in [6.45, 7) is 4.07. The first-order valence-corrected chi connectivity index (χ1v) is 7.11. The van der Waals surface area contributed by atoms with Gasteiger partial charge in [-0.3, -0.25) is 4.79 Å². The second-order valence-electron chi connectivity index (χ2n) is 4.92. The van der Waals surface area contributed by atoms with Gasteiger partial charge in [0.05, 0.1) is 5.92 Å². The number of fused-ring (bicyclic) bond motifs is 1. The molecular formula is C15H22N2O3. The number of nitrogens with one attached hydrogen (secondary N) is 1. The number of carbonyl (C=O) groups is 1. The Balaban J connectivity index is 1.92. The van der Waals surface area contributed by atoms with Crippen molar-refractivity contribution in [2.75, 3.05) is 19.8 Å². The number of nitrogens with two attached hydrogens (primary N) is 1. The molecule has 0 saturated carbocycles. The fourth-order valence-electron chi connectivity index (χ4n) is 2.24. The maximum atomic E-state index is 12.0. The van der Waals surface area contributed by atoms with Crippen molar-refractivity contribution in [1.82, 2.24) is 5.32 Å². The number of amides is 1. The Morgan fingerprint density at radius 2 is 2.10 bits per heavy atom. The third-order valence-corrected chi connectivity index (χ3v) is 3.37. The first-order valence-electron chi connectivity index (χ1n) is 7.11. The highest BCUT2D eigenvalue weighted by atomic mass is 16.6. The SMILES string of the molecule is CCCC(CN)C(=O)NCc1ccc2c(c1)OCCO2. The third-order valence-electron chi connectivity index (χ3n) is 3.37. The topological polar surface area (TPSA) is 73.6 Å². The largest absolute Gasteiger partial charge is 0.486 e. The minimum atomic E-state index is -0.0998. The van der Waals surface area contributed by atoms with Crippen LogP contribution in [0.15, 0.2) is 18.2 Å². The molecule has 0 spiro atoms. The van der Waals surface area contributed by atoms with Crippen LogP contribution in [-0.2, 0) is 11.3 Å². The second kappa shape index (κ2) is 7.14. The number of hydrogen-bond donors (Lipinski definition) is 2. The first-order chi connectivity index (χ1) is 9.74. The zero-order valence-corrected chi connectivity index (χ0v) is 11.9. The van der Waals surface area contributed by atoms with Crippen molar-refractivity contribution < 1.29 is 14.3 Å². The molecule has 1 amide bonds. The predicted octanol–water partition coefficient (Wildman–Crippen LogP) is 1.45. The Hall–Kier alpha value is -1.75.